The van der Waals surface area contributed by atoms with E-state index in [1.807, 2.05) is 29.3 Å². The quantitative estimate of drug-likeness (QED) is 0.338. The first kappa shape index (κ1) is 21.5. The summed E-state index contributed by atoms with van der Waals surface area (Å²) >= 11 is 8.60. The van der Waals surface area contributed by atoms with E-state index in [0.717, 1.165) is 53.5 Å². The predicted molar refractivity (Wildman–Crippen MR) is 124 cm³/mol. The number of hydrogen-bond donors (Lipinski definition) is 3. The van der Waals surface area contributed by atoms with Crippen LogP contribution in [0.15, 0.2) is 63.5 Å². The number of nitrogens with one attached hydrogen (secondary N) is 2. The Morgan fingerprint density at radius 1 is 1.17 bits per heavy atom. The third-order valence-electron chi connectivity index (χ3n) is 4.95. The summed E-state index contributed by atoms with van der Waals surface area (Å²) in [6, 6.07) is 14.7. The van der Waals surface area contributed by atoms with Crippen LogP contribution in [0.3, 0.4) is 0 Å². The van der Waals surface area contributed by atoms with Crippen molar-refractivity contribution >= 4 is 47.4 Å². The number of hydrazone groups is 1. The molecule has 1 saturated carbocycles. The van der Waals surface area contributed by atoms with Gasteiger partial charge in [-0.05, 0) is 66.8 Å². The van der Waals surface area contributed by atoms with Crippen molar-refractivity contribution in [2.24, 2.45) is 15.2 Å². The van der Waals surface area contributed by atoms with E-state index in [9.17, 15) is 4.39 Å². The first-order valence-corrected chi connectivity index (χ1v) is 11.7. The smallest absolute Gasteiger partial charge is 0.225 e. The van der Waals surface area contributed by atoms with Gasteiger partial charge >= 0.3 is 0 Å². The number of nitrogens with zero attached hydrogens (tertiary/aromatic N) is 3. The predicted octanol–water partition coefficient (Wildman–Crippen LogP) is 4.18. The van der Waals surface area contributed by atoms with Gasteiger partial charge in [-0.2, -0.15) is 5.10 Å². The number of halogens is 2. The van der Waals surface area contributed by atoms with E-state index in [2.05, 4.69) is 9.44 Å². The van der Waals surface area contributed by atoms with Crippen LogP contribution in [0.5, 0.6) is 0 Å². The van der Waals surface area contributed by atoms with E-state index < -0.39 is 0 Å². The summed E-state index contributed by atoms with van der Waals surface area (Å²) in [5.74, 6) is 0.470. The normalized spacial score (nSPS) is 21.4. The maximum atomic E-state index is 13.2. The molecule has 0 saturated heterocycles. The van der Waals surface area contributed by atoms with Gasteiger partial charge in [0.1, 0.15) is 5.82 Å². The highest BCUT2D eigenvalue weighted by molar-refractivity contribution is 7.98. The number of nitrogens with two attached hydrogens (primary N) is 1. The van der Waals surface area contributed by atoms with Gasteiger partial charge in [0.05, 0.1) is 18.3 Å². The van der Waals surface area contributed by atoms with Crippen LogP contribution in [0.2, 0.25) is 5.02 Å². The van der Waals surface area contributed by atoms with Crippen molar-refractivity contribution in [2.45, 2.75) is 36.2 Å². The van der Waals surface area contributed by atoms with Crippen LogP contribution in [0.25, 0.3) is 0 Å². The van der Waals surface area contributed by atoms with Crippen molar-refractivity contribution in [3.8, 4) is 0 Å². The van der Waals surface area contributed by atoms with Gasteiger partial charge in [-0.1, -0.05) is 23.7 Å². The molecule has 0 amide bonds. The van der Waals surface area contributed by atoms with Crippen molar-refractivity contribution in [1.29, 1.82) is 0 Å². The zero-order valence-corrected chi connectivity index (χ0v) is 18.5. The highest BCUT2D eigenvalue weighted by atomic mass is 35.5. The second-order valence-corrected chi connectivity index (χ2v) is 8.88. The van der Waals surface area contributed by atoms with Gasteiger partial charge in [-0.25, -0.2) is 19.1 Å². The number of aliphatic imine (C=N–C) groups is 1. The molecule has 0 atom stereocenters. The minimum atomic E-state index is -0.249. The molecule has 2 aliphatic rings. The average Bonchev–Trinajstić information content (AvgIpc) is 3.21. The van der Waals surface area contributed by atoms with Gasteiger partial charge in [-0.15, -0.1) is 0 Å². The minimum absolute atomic E-state index is 0.216. The standard InChI is InChI=1S/C20H22ClFN6S2/c21-14-3-7-18(8-4-14)29-27-20(24-16-11-17(12-16)26-30-23)28-10-9-19(25-28)13-1-5-15(22)6-2-13/h1-8,16-17,26H,9-12,23H2,(H,24,27). The molecule has 0 radical (unpaired) electrons. The lowest BCUT2D eigenvalue weighted by atomic mass is 9.88. The first-order chi connectivity index (χ1) is 14.6. The SMILES string of the molecule is NSNC1CC(N=C(NSc2ccc(Cl)cc2)N2CCC(c3ccc(F)cc3)=N2)C1. The molecule has 158 valence electrons. The van der Waals surface area contributed by atoms with Crippen LogP contribution in [0, 0.1) is 5.82 Å². The van der Waals surface area contributed by atoms with Crippen LogP contribution < -0.4 is 14.6 Å². The Morgan fingerprint density at radius 2 is 1.90 bits per heavy atom. The minimum Gasteiger partial charge on any atom is -0.295 e. The van der Waals surface area contributed by atoms with E-state index >= 15 is 0 Å². The van der Waals surface area contributed by atoms with E-state index in [0.29, 0.717) is 17.6 Å². The lowest BCUT2D eigenvalue weighted by Gasteiger charge is -2.33. The maximum absolute atomic E-state index is 13.2. The van der Waals surface area contributed by atoms with E-state index in [1.165, 1.54) is 24.1 Å². The maximum Gasteiger partial charge on any atom is 0.225 e. The molecule has 4 N–H and O–H groups in total. The fourth-order valence-corrected chi connectivity index (χ4v) is 4.42. The van der Waals surface area contributed by atoms with Gasteiger partial charge in [0, 0.05) is 34.5 Å². The summed E-state index contributed by atoms with van der Waals surface area (Å²) < 4.78 is 19.8. The molecular weight excluding hydrogens is 443 g/mol. The fraction of sp³-hybridized carbons (Fsp3) is 0.300. The van der Waals surface area contributed by atoms with Crippen LogP contribution in [0.1, 0.15) is 24.8 Å². The Labute approximate surface area is 188 Å². The summed E-state index contributed by atoms with van der Waals surface area (Å²) in [5, 5.41) is 12.8. The second-order valence-electron chi connectivity index (χ2n) is 7.10. The third-order valence-corrected chi connectivity index (χ3v) is 6.46. The van der Waals surface area contributed by atoms with Gasteiger partial charge in [0.25, 0.3) is 0 Å². The molecule has 0 spiro atoms. The van der Waals surface area contributed by atoms with Crippen molar-refractivity contribution in [3.63, 3.8) is 0 Å². The molecule has 4 rings (SSSR count). The number of benzene rings is 2. The van der Waals surface area contributed by atoms with Crippen molar-refractivity contribution in [1.82, 2.24) is 14.5 Å². The summed E-state index contributed by atoms with van der Waals surface area (Å²) in [5.41, 5.74) is 1.85. The highest BCUT2D eigenvalue weighted by Gasteiger charge is 2.30. The molecule has 0 unspecified atom stereocenters. The second kappa shape index (κ2) is 10.0. The molecule has 10 heteroatoms. The van der Waals surface area contributed by atoms with Crippen LogP contribution in [-0.4, -0.2) is 35.3 Å². The third kappa shape index (κ3) is 5.47. The van der Waals surface area contributed by atoms with Crippen LogP contribution in [-0.2, 0) is 0 Å². The molecule has 2 aromatic carbocycles. The lowest BCUT2D eigenvalue weighted by molar-refractivity contribution is 0.330. The van der Waals surface area contributed by atoms with Gasteiger partial charge in [-0.3, -0.25) is 9.86 Å². The van der Waals surface area contributed by atoms with Gasteiger partial charge < -0.3 is 0 Å². The van der Waals surface area contributed by atoms with Gasteiger partial charge in [0.2, 0.25) is 5.96 Å². The van der Waals surface area contributed by atoms with Crippen molar-refractivity contribution in [2.75, 3.05) is 6.54 Å². The molecule has 1 aliphatic heterocycles. The highest BCUT2D eigenvalue weighted by Crippen LogP contribution is 2.26. The summed E-state index contributed by atoms with van der Waals surface area (Å²) in [6.07, 6.45) is 2.64. The van der Waals surface area contributed by atoms with Crippen molar-refractivity contribution in [3.05, 3.63) is 64.9 Å². The van der Waals surface area contributed by atoms with Crippen molar-refractivity contribution < 1.29 is 4.39 Å². The molecule has 0 bridgehead atoms. The molecular formula is C20H22ClFN6S2. The van der Waals surface area contributed by atoms with E-state index in [1.54, 1.807) is 12.1 Å². The summed E-state index contributed by atoms with van der Waals surface area (Å²) in [6.45, 7) is 0.715. The Kier molecular flexibility index (Phi) is 7.16. The average molecular weight is 465 g/mol. The largest absolute Gasteiger partial charge is 0.295 e. The molecule has 30 heavy (non-hydrogen) atoms. The van der Waals surface area contributed by atoms with Crippen LogP contribution in [0.4, 0.5) is 4.39 Å². The van der Waals surface area contributed by atoms with Gasteiger partial charge in [0.15, 0.2) is 0 Å². The monoisotopic (exact) mass is 464 g/mol. The molecule has 1 aliphatic carbocycles. The molecule has 0 aromatic heterocycles. The molecule has 6 nitrogen and oxygen atoms in total. The molecule has 2 aromatic rings. The number of guanidine groups is 1. The molecule has 1 heterocycles. The topological polar surface area (TPSA) is 78.0 Å². The Bertz CT molecular complexity index is 916. The summed E-state index contributed by atoms with van der Waals surface area (Å²) in [4.78, 5) is 5.93. The number of rotatable bonds is 6. The zero-order valence-electron chi connectivity index (χ0n) is 16.1. The zero-order chi connectivity index (χ0) is 20.9. The lowest BCUT2D eigenvalue weighted by Crippen LogP contribution is -2.43. The van der Waals surface area contributed by atoms with E-state index in [-0.39, 0.29) is 11.9 Å². The first-order valence-electron chi connectivity index (χ1n) is 9.59. The Morgan fingerprint density at radius 3 is 2.60 bits per heavy atom. The summed E-state index contributed by atoms with van der Waals surface area (Å²) in [7, 11) is 0. The van der Waals surface area contributed by atoms with Crippen LogP contribution >= 0.6 is 35.7 Å². The molecule has 1 fully saturated rings. The fourth-order valence-electron chi connectivity index (χ4n) is 3.27. The van der Waals surface area contributed by atoms with E-state index in [4.69, 9.17) is 26.8 Å². The number of hydrogen-bond acceptors (Lipinski definition) is 6. The Balaban J connectivity index is 1.48. The Hall–Kier alpha value is -1.78.